The second-order valence-electron chi connectivity index (χ2n) is 5.38. The molecule has 0 bridgehead atoms. The molecule has 0 fully saturated rings. The maximum atomic E-state index is 12.2. The zero-order valence-corrected chi connectivity index (χ0v) is 12.5. The Labute approximate surface area is 108 Å². The van der Waals surface area contributed by atoms with Crippen molar-refractivity contribution in [3.8, 4) is 0 Å². The standard InChI is InChI=1S/C12H20N2O3Si/c1-7(2)18(8(3)4)16-9(5)10-6-13-14-11(10)12(15)17-18/h6-9H,1-5H3,(H,13,14). The van der Waals surface area contributed by atoms with Crippen molar-refractivity contribution >= 4 is 14.5 Å². The summed E-state index contributed by atoms with van der Waals surface area (Å²) < 4.78 is 12.0. The summed E-state index contributed by atoms with van der Waals surface area (Å²) in [4.78, 5) is 12.2. The van der Waals surface area contributed by atoms with Crippen LogP contribution in [-0.2, 0) is 8.85 Å². The lowest BCUT2D eigenvalue weighted by Gasteiger charge is -2.36. The van der Waals surface area contributed by atoms with Crippen molar-refractivity contribution in [3.05, 3.63) is 17.5 Å². The molecular formula is C12H20N2O3Si. The molecule has 100 valence electrons. The molecular weight excluding hydrogens is 248 g/mol. The van der Waals surface area contributed by atoms with Gasteiger partial charge in [0.2, 0.25) is 0 Å². The van der Waals surface area contributed by atoms with Crippen molar-refractivity contribution in [3.63, 3.8) is 0 Å². The zero-order valence-electron chi connectivity index (χ0n) is 11.5. The van der Waals surface area contributed by atoms with E-state index >= 15 is 0 Å². The lowest BCUT2D eigenvalue weighted by molar-refractivity contribution is 0.0609. The van der Waals surface area contributed by atoms with Crippen molar-refractivity contribution < 1.29 is 13.6 Å². The lowest BCUT2D eigenvalue weighted by Crippen LogP contribution is -2.49. The van der Waals surface area contributed by atoms with Crippen LogP contribution in [0.4, 0.5) is 0 Å². The molecule has 1 aliphatic heterocycles. The summed E-state index contributed by atoms with van der Waals surface area (Å²) in [6, 6.07) is 0. The first kappa shape index (κ1) is 13.3. The Hall–Kier alpha value is -1.14. The first-order valence-corrected chi connectivity index (χ1v) is 8.30. The van der Waals surface area contributed by atoms with Gasteiger partial charge in [0.25, 0.3) is 0 Å². The van der Waals surface area contributed by atoms with Crippen molar-refractivity contribution in [2.24, 2.45) is 0 Å². The topological polar surface area (TPSA) is 64.2 Å². The minimum atomic E-state index is -2.57. The largest absolute Gasteiger partial charge is 0.489 e. The van der Waals surface area contributed by atoms with E-state index in [1.54, 1.807) is 6.20 Å². The lowest BCUT2D eigenvalue weighted by atomic mass is 10.1. The Bertz CT molecular complexity index is 448. The quantitative estimate of drug-likeness (QED) is 0.838. The number of nitrogens with one attached hydrogen (secondary N) is 1. The molecule has 18 heavy (non-hydrogen) atoms. The van der Waals surface area contributed by atoms with Gasteiger partial charge in [0.15, 0.2) is 0 Å². The van der Waals surface area contributed by atoms with Crippen LogP contribution in [0.3, 0.4) is 0 Å². The Morgan fingerprint density at radius 1 is 1.33 bits per heavy atom. The summed E-state index contributed by atoms with van der Waals surface area (Å²) in [5.41, 5.74) is 1.63. The predicted octanol–water partition coefficient (Wildman–Crippen LogP) is 2.92. The molecule has 1 aliphatic rings. The van der Waals surface area contributed by atoms with Crippen molar-refractivity contribution in [2.75, 3.05) is 0 Å². The molecule has 0 spiro atoms. The van der Waals surface area contributed by atoms with E-state index in [0.717, 1.165) is 5.56 Å². The van der Waals surface area contributed by atoms with E-state index in [0.29, 0.717) is 5.69 Å². The van der Waals surface area contributed by atoms with Crippen LogP contribution in [0, 0.1) is 0 Å². The van der Waals surface area contributed by atoms with Crippen molar-refractivity contribution in [2.45, 2.75) is 51.8 Å². The number of carbonyl (C=O) groups excluding carboxylic acids is 1. The number of nitrogens with zero attached hydrogens (tertiary/aromatic N) is 1. The highest BCUT2D eigenvalue weighted by Crippen LogP contribution is 2.41. The van der Waals surface area contributed by atoms with Gasteiger partial charge in [0, 0.05) is 16.6 Å². The van der Waals surface area contributed by atoms with Crippen LogP contribution in [0.5, 0.6) is 0 Å². The van der Waals surface area contributed by atoms with E-state index < -0.39 is 8.56 Å². The molecule has 0 saturated carbocycles. The van der Waals surface area contributed by atoms with Gasteiger partial charge < -0.3 is 8.85 Å². The van der Waals surface area contributed by atoms with Gasteiger partial charge >= 0.3 is 14.5 Å². The average Bonchev–Trinajstić information content (AvgIpc) is 2.72. The number of aromatic amines is 1. The van der Waals surface area contributed by atoms with Crippen LogP contribution in [0.2, 0.25) is 11.1 Å². The van der Waals surface area contributed by atoms with E-state index in [1.807, 2.05) is 6.92 Å². The highest BCUT2D eigenvalue weighted by molar-refractivity contribution is 6.72. The molecule has 1 N–H and O–H groups in total. The molecule has 1 aromatic heterocycles. The van der Waals surface area contributed by atoms with Gasteiger partial charge in [-0.15, -0.1) is 0 Å². The highest BCUT2D eigenvalue weighted by Gasteiger charge is 2.52. The number of fused-ring (bicyclic) bond motifs is 1. The maximum absolute atomic E-state index is 12.2. The highest BCUT2D eigenvalue weighted by atomic mass is 28.4. The molecule has 0 aliphatic carbocycles. The van der Waals surface area contributed by atoms with E-state index in [1.165, 1.54) is 0 Å². The van der Waals surface area contributed by atoms with Crippen LogP contribution < -0.4 is 0 Å². The molecule has 6 heteroatoms. The minimum Gasteiger partial charge on any atom is -0.489 e. The van der Waals surface area contributed by atoms with Gasteiger partial charge in [-0.25, -0.2) is 4.79 Å². The second-order valence-corrected chi connectivity index (χ2v) is 9.57. The van der Waals surface area contributed by atoms with Crippen LogP contribution in [0.25, 0.3) is 0 Å². The fourth-order valence-corrected chi connectivity index (χ4v) is 5.97. The van der Waals surface area contributed by atoms with Gasteiger partial charge in [-0.3, -0.25) is 5.10 Å². The molecule has 1 unspecified atom stereocenters. The number of rotatable bonds is 2. The van der Waals surface area contributed by atoms with Gasteiger partial charge in [-0.2, -0.15) is 5.10 Å². The minimum absolute atomic E-state index is 0.165. The SMILES string of the molecule is CC1O[Si](C(C)C)(C(C)C)OC(=O)c2[nH]ncc21. The van der Waals surface area contributed by atoms with Crippen molar-refractivity contribution in [1.29, 1.82) is 0 Å². The summed E-state index contributed by atoms with van der Waals surface area (Å²) in [7, 11) is -2.57. The summed E-state index contributed by atoms with van der Waals surface area (Å²) in [6.07, 6.45) is 1.48. The van der Waals surface area contributed by atoms with E-state index in [-0.39, 0.29) is 23.2 Å². The van der Waals surface area contributed by atoms with Gasteiger partial charge in [0.1, 0.15) is 5.69 Å². The van der Waals surface area contributed by atoms with Gasteiger partial charge in [0.05, 0.1) is 12.3 Å². The third kappa shape index (κ3) is 1.89. The molecule has 1 aromatic rings. The maximum Gasteiger partial charge on any atom is 0.407 e. The molecule has 0 saturated heterocycles. The van der Waals surface area contributed by atoms with Crippen LogP contribution in [-0.4, -0.2) is 24.7 Å². The summed E-state index contributed by atoms with van der Waals surface area (Å²) >= 11 is 0. The third-order valence-electron chi connectivity index (χ3n) is 3.53. The fraction of sp³-hybridized carbons (Fsp3) is 0.667. The Kier molecular flexibility index (Phi) is 3.33. The second kappa shape index (κ2) is 4.51. The van der Waals surface area contributed by atoms with Gasteiger partial charge in [-0.05, 0) is 6.92 Å². The first-order valence-electron chi connectivity index (χ1n) is 6.33. The van der Waals surface area contributed by atoms with Gasteiger partial charge in [-0.1, -0.05) is 27.7 Å². The van der Waals surface area contributed by atoms with Crippen LogP contribution in [0.15, 0.2) is 6.20 Å². The van der Waals surface area contributed by atoms with E-state index in [2.05, 4.69) is 37.9 Å². The normalized spacial score (nSPS) is 22.8. The summed E-state index contributed by atoms with van der Waals surface area (Å²) in [6.45, 7) is 10.2. The summed E-state index contributed by atoms with van der Waals surface area (Å²) in [5, 5.41) is 6.60. The number of carbonyl (C=O) groups is 1. The molecule has 0 aromatic carbocycles. The molecule has 2 rings (SSSR count). The summed E-state index contributed by atoms with van der Waals surface area (Å²) in [5.74, 6) is -0.332. The first-order chi connectivity index (χ1) is 8.38. The monoisotopic (exact) mass is 268 g/mol. The predicted molar refractivity (Wildman–Crippen MR) is 69.5 cm³/mol. The fourth-order valence-electron chi connectivity index (χ4n) is 2.50. The van der Waals surface area contributed by atoms with E-state index in [4.69, 9.17) is 8.85 Å². The Balaban J connectivity index is 2.46. The third-order valence-corrected chi connectivity index (χ3v) is 7.98. The van der Waals surface area contributed by atoms with E-state index in [9.17, 15) is 4.79 Å². The zero-order chi connectivity index (χ0) is 13.5. The molecule has 0 amide bonds. The molecule has 5 nitrogen and oxygen atoms in total. The smallest absolute Gasteiger partial charge is 0.407 e. The van der Waals surface area contributed by atoms with Crippen LogP contribution >= 0.6 is 0 Å². The Morgan fingerprint density at radius 3 is 2.50 bits per heavy atom. The average molecular weight is 268 g/mol. The Morgan fingerprint density at radius 2 is 1.94 bits per heavy atom. The number of hydrogen-bond donors (Lipinski definition) is 1. The number of aromatic nitrogens is 2. The van der Waals surface area contributed by atoms with Crippen molar-refractivity contribution in [1.82, 2.24) is 10.2 Å². The van der Waals surface area contributed by atoms with Crippen LogP contribution in [0.1, 0.15) is 56.8 Å². The molecule has 2 heterocycles. The molecule has 1 atom stereocenters. The number of hydrogen-bond acceptors (Lipinski definition) is 4. The number of H-pyrrole nitrogens is 1. The molecule has 0 radical (unpaired) electrons.